The highest BCUT2D eigenvalue weighted by Crippen LogP contribution is 2.03. The molecule has 1 aromatic heterocycles. The van der Waals surface area contributed by atoms with Crippen molar-refractivity contribution in [1.82, 2.24) is 4.98 Å². The Kier molecular flexibility index (Phi) is 2.53. The van der Waals surface area contributed by atoms with Crippen LogP contribution >= 0.6 is 0 Å². The Bertz CT molecular complexity index is 323. The molecule has 0 spiro atoms. The van der Waals surface area contributed by atoms with E-state index in [0.717, 1.165) is 12.2 Å². The lowest BCUT2D eigenvalue weighted by Crippen LogP contribution is -1.89. The molecule has 3 nitrogen and oxygen atoms in total. The smallest absolute Gasteiger partial charge is 0.328 e. The van der Waals surface area contributed by atoms with Crippen molar-refractivity contribution in [3.8, 4) is 0 Å². The molecule has 0 aliphatic rings. The second-order valence-electron chi connectivity index (χ2n) is 2.04. The molecule has 0 atom stereocenters. The number of nitrogens with zero attached hydrogens (tertiary/aromatic N) is 1. The van der Waals surface area contributed by atoms with E-state index in [2.05, 4.69) is 4.98 Å². The maximum Gasteiger partial charge on any atom is 0.328 e. The van der Waals surface area contributed by atoms with E-state index in [4.69, 9.17) is 5.11 Å². The lowest BCUT2D eigenvalue weighted by molar-refractivity contribution is -0.131. The summed E-state index contributed by atoms with van der Waals surface area (Å²) >= 11 is 0. The summed E-state index contributed by atoms with van der Waals surface area (Å²) in [5, 5.41) is 8.23. The third-order valence-electron chi connectivity index (χ3n) is 1.17. The summed E-state index contributed by atoms with van der Waals surface area (Å²) < 4.78 is 12.7. The van der Waals surface area contributed by atoms with Gasteiger partial charge in [0.2, 0.25) is 0 Å². The molecular weight excluding hydrogens is 161 g/mol. The van der Waals surface area contributed by atoms with Gasteiger partial charge >= 0.3 is 5.97 Å². The summed E-state index contributed by atoms with van der Waals surface area (Å²) in [5.74, 6) is -1.66. The first-order chi connectivity index (χ1) is 5.70. The topological polar surface area (TPSA) is 50.2 Å². The molecule has 0 radical (unpaired) electrons. The van der Waals surface area contributed by atoms with Crippen molar-refractivity contribution >= 4 is 12.0 Å². The number of carbonyl (C=O) groups is 1. The SMILES string of the molecule is O=C(O)/C=C/c1ncccc1F. The van der Waals surface area contributed by atoms with Crippen LogP contribution in [0, 0.1) is 5.82 Å². The largest absolute Gasteiger partial charge is 0.478 e. The number of halogens is 1. The standard InChI is InChI=1S/C8H6FNO2/c9-6-2-1-5-10-7(6)3-4-8(11)12/h1-5H,(H,11,12)/b4-3+. The van der Waals surface area contributed by atoms with E-state index in [0.29, 0.717) is 0 Å². The summed E-state index contributed by atoms with van der Waals surface area (Å²) in [6.07, 6.45) is 3.34. The third kappa shape index (κ3) is 2.16. The van der Waals surface area contributed by atoms with E-state index in [1.54, 1.807) is 0 Å². The Morgan fingerprint density at radius 1 is 1.67 bits per heavy atom. The lowest BCUT2D eigenvalue weighted by atomic mass is 10.3. The van der Waals surface area contributed by atoms with Crippen LogP contribution in [0.25, 0.3) is 6.08 Å². The molecule has 0 amide bonds. The van der Waals surface area contributed by atoms with E-state index in [1.807, 2.05) is 0 Å². The Morgan fingerprint density at radius 2 is 2.42 bits per heavy atom. The van der Waals surface area contributed by atoms with Crippen LogP contribution in [0.5, 0.6) is 0 Å². The molecule has 0 saturated carbocycles. The van der Waals surface area contributed by atoms with E-state index in [9.17, 15) is 9.18 Å². The molecule has 4 heteroatoms. The molecule has 0 aliphatic carbocycles. The van der Waals surface area contributed by atoms with Gasteiger partial charge in [0.25, 0.3) is 0 Å². The minimum absolute atomic E-state index is 0.0277. The van der Waals surface area contributed by atoms with Gasteiger partial charge in [0.15, 0.2) is 0 Å². The van der Waals surface area contributed by atoms with Crippen LogP contribution < -0.4 is 0 Å². The predicted molar refractivity (Wildman–Crippen MR) is 40.9 cm³/mol. The predicted octanol–water partition coefficient (Wildman–Crippen LogP) is 1.32. The molecule has 1 rings (SSSR count). The van der Waals surface area contributed by atoms with Gasteiger partial charge < -0.3 is 5.11 Å². The molecule has 0 saturated heterocycles. The van der Waals surface area contributed by atoms with Crippen LogP contribution in [0.1, 0.15) is 5.69 Å². The van der Waals surface area contributed by atoms with E-state index >= 15 is 0 Å². The second-order valence-corrected chi connectivity index (χ2v) is 2.04. The monoisotopic (exact) mass is 167 g/mol. The molecule has 12 heavy (non-hydrogen) atoms. The first-order valence-electron chi connectivity index (χ1n) is 3.21. The molecule has 0 fully saturated rings. The summed E-state index contributed by atoms with van der Waals surface area (Å²) in [7, 11) is 0. The van der Waals surface area contributed by atoms with Crippen molar-refractivity contribution in [3.63, 3.8) is 0 Å². The van der Waals surface area contributed by atoms with Gasteiger partial charge in [0, 0.05) is 12.3 Å². The van der Waals surface area contributed by atoms with Crippen LogP contribution in [0.4, 0.5) is 4.39 Å². The number of carboxylic acid groups (broad SMARTS) is 1. The van der Waals surface area contributed by atoms with Crippen molar-refractivity contribution in [1.29, 1.82) is 0 Å². The summed E-state index contributed by atoms with van der Waals surface area (Å²) in [6.45, 7) is 0. The third-order valence-corrected chi connectivity index (χ3v) is 1.17. The van der Waals surface area contributed by atoms with Gasteiger partial charge in [-0.2, -0.15) is 0 Å². The van der Waals surface area contributed by atoms with Crippen LogP contribution in [0.15, 0.2) is 24.4 Å². The molecule has 1 heterocycles. The molecule has 62 valence electrons. The van der Waals surface area contributed by atoms with Crippen LogP contribution in [-0.4, -0.2) is 16.1 Å². The van der Waals surface area contributed by atoms with E-state index in [1.165, 1.54) is 18.3 Å². The maximum absolute atomic E-state index is 12.7. The van der Waals surface area contributed by atoms with Crippen molar-refractivity contribution in [2.24, 2.45) is 0 Å². The zero-order valence-electron chi connectivity index (χ0n) is 6.07. The van der Waals surface area contributed by atoms with Gasteiger partial charge in [0.1, 0.15) is 5.82 Å². The highest BCUT2D eigenvalue weighted by Gasteiger charge is 1.97. The summed E-state index contributed by atoms with van der Waals surface area (Å²) in [5.41, 5.74) is 0.0277. The fourth-order valence-corrected chi connectivity index (χ4v) is 0.671. The average Bonchev–Trinajstić information content (AvgIpc) is 2.03. The first kappa shape index (κ1) is 8.39. The van der Waals surface area contributed by atoms with Gasteiger partial charge in [-0.05, 0) is 18.2 Å². The van der Waals surface area contributed by atoms with Crippen LogP contribution in [0.3, 0.4) is 0 Å². The fraction of sp³-hybridized carbons (Fsp3) is 0. The first-order valence-corrected chi connectivity index (χ1v) is 3.21. The Hall–Kier alpha value is -1.71. The molecule has 0 bridgehead atoms. The Morgan fingerprint density at radius 3 is 3.00 bits per heavy atom. The normalized spacial score (nSPS) is 10.4. The highest BCUT2D eigenvalue weighted by atomic mass is 19.1. The lowest BCUT2D eigenvalue weighted by Gasteiger charge is -1.91. The minimum atomic E-state index is -1.12. The summed E-state index contributed by atoms with van der Waals surface area (Å²) in [4.78, 5) is 13.7. The fourth-order valence-electron chi connectivity index (χ4n) is 0.671. The van der Waals surface area contributed by atoms with Crippen LogP contribution in [-0.2, 0) is 4.79 Å². The number of hydrogen-bond acceptors (Lipinski definition) is 2. The number of aliphatic carboxylic acids is 1. The van der Waals surface area contributed by atoms with Crippen molar-refractivity contribution in [2.45, 2.75) is 0 Å². The van der Waals surface area contributed by atoms with Crippen molar-refractivity contribution in [3.05, 3.63) is 35.9 Å². The average molecular weight is 167 g/mol. The Balaban J connectivity index is 2.89. The highest BCUT2D eigenvalue weighted by molar-refractivity contribution is 5.84. The number of hydrogen-bond donors (Lipinski definition) is 1. The molecular formula is C8H6FNO2. The number of pyridine rings is 1. The number of rotatable bonds is 2. The zero-order valence-corrected chi connectivity index (χ0v) is 6.07. The zero-order chi connectivity index (χ0) is 8.97. The van der Waals surface area contributed by atoms with Gasteiger partial charge in [0.05, 0.1) is 5.69 Å². The molecule has 0 aliphatic heterocycles. The second kappa shape index (κ2) is 3.61. The Labute approximate surface area is 68.2 Å². The summed E-state index contributed by atoms with van der Waals surface area (Å²) in [6, 6.07) is 2.65. The molecule has 1 N–H and O–H groups in total. The van der Waals surface area contributed by atoms with E-state index < -0.39 is 11.8 Å². The van der Waals surface area contributed by atoms with Gasteiger partial charge in [-0.1, -0.05) is 0 Å². The van der Waals surface area contributed by atoms with Crippen molar-refractivity contribution < 1.29 is 14.3 Å². The molecule has 0 aromatic carbocycles. The van der Waals surface area contributed by atoms with Gasteiger partial charge in [-0.25, -0.2) is 9.18 Å². The van der Waals surface area contributed by atoms with Gasteiger partial charge in [-0.3, -0.25) is 4.98 Å². The van der Waals surface area contributed by atoms with E-state index in [-0.39, 0.29) is 5.69 Å². The maximum atomic E-state index is 12.7. The van der Waals surface area contributed by atoms with Crippen molar-refractivity contribution in [2.75, 3.05) is 0 Å². The number of carboxylic acids is 1. The van der Waals surface area contributed by atoms with Crippen LogP contribution in [0.2, 0.25) is 0 Å². The molecule has 0 unspecified atom stereocenters. The number of aromatic nitrogens is 1. The molecule has 1 aromatic rings. The minimum Gasteiger partial charge on any atom is -0.478 e. The quantitative estimate of drug-likeness (QED) is 0.676. The van der Waals surface area contributed by atoms with Gasteiger partial charge in [-0.15, -0.1) is 0 Å².